The molecule has 2 N–H and O–H groups in total. The van der Waals surface area contributed by atoms with Crippen molar-refractivity contribution in [1.82, 2.24) is 10.6 Å². The smallest absolute Gasteiger partial charge is 0.310 e. The molecule has 1 aliphatic heterocycles. The maximum Gasteiger partial charge on any atom is 0.310 e. The Balaban J connectivity index is 2.45. The van der Waals surface area contributed by atoms with Crippen molar-refractivity contribution >= 4 is 24.1 Å². The van der Waals surface area contributed by atoms with Gasteiger partial charge in [0, 0.05) is 18.1 Å². The minimum Gasteiger partial charge on any atom is -0.353 e. The molecule has 5 heteroatoms. The van der Waals surface area contributed by atoms with Gasteiger partial charge in [-0.3, -0.25) is 9.59 Å². The lowest BCUT2D eigenvalue weighted by atomic mass is 10.3. The summed E-state index contributed by atoms with van der Waals surface area (Å²) in [6.07, 6.45) is 1.52. The van der Waals surface area contributed by atoms with Gasteiger partial charge in [-0.15, -0.1) is 0 Å². The second-order valence-corrected chi connectivity index (χ2v) is 3.31. The third-order valence-electron chi connectivity index (χ3n) is 1.38. The highest BCUT2D eigenvalue weighted by Crippen LogP contribution is 2.05. The zero-order chi connectivity index (χ0) is 8.10. The van der Waals surface area contributed by atoms with Gasteiger partial charge < -0.3 is 10.6 Å². The summed E-state index contributed by atoms with van der Waals surface area (Å²) < 4.78 is 0. The van der Waals surface area contributed by atoms with E-state index < -0.39 is 6.04 Å². The van der Waals surface area contributed by atoms with Crippen LogP contribution in [0.1, 0.15) is 0 Å². The number of nitrogens with one attached hydrogen (secondary N) is 2. The molecule has 2 amide bonds. The number of thioether (sulfide) groups is 1. The fourth-order valence-corrected chi connectivity index (χ4v) is 1.71. The predicted molar refractivity (Wildman–Crippen MR) is 43.0 cm³/mol. The molecule has 1 aliphatic rings. The molecule has 61 valence electrons. The Bertz CT molecular complexity index is 163. The van der Waals surface area contributed by atoms with Crippen LogP contribution in [0.25, 0.3) is 0 Å². The molecule has 0 saturated carbocycles. The van der Waals surface area contributed by atoms with Crippen LogP contribution in [0.4, 0.5) is 0 Å². The standard InChI is InChI=1S/C6H9N2O2S/c9-4-8-5-3-11-2-1-7-6(5)10/h5H,1-3H2,(H,7,10)(H,8,9)/t5-/m0/s1. The Kier molecular flexibility index (Phi) is 3.22. The van der Waals surface area contributed by atoms with Crippen molar-refractivity contribution in [2.75, 3.05) is 18.1 Å². The van der Waals surface area contributed by atoms with Crippen LogP contribution in [0.15, 0.2) is 0 Å². The maximum atomic E-state index is 11.0. The fraction of sp³-hybridized carbons (Fsp3) is 0.667. The number of rotatable bonds is 2. The quantitative estimate of drug-likeness (QED) is 0.520. The first-order chi connectivity index (χ1) is 5.34. The van der Waals surface area contributed by atoms with E-state index in [4.69, 9.17) is 0 Å². The molecule has 1 radical (unpaired) electrons. The first-order valence-electron chi connectivity index (χ1n) is 3.32. The summed E-state index contributed by atoms with van der Waals surface area (Å²) in [5, 5.41) is 5.01. The Labute approximate surface area is 69.1 Å². The van der Waals surface area contributed by atoms with Crippen molar-refractivity contribution in [1.29, 1.82) is 0 Å². The molecule has 1 saturated heterocycles. The first-order valence-corrected chi connectivity index (χ1v) is 4.48. The van der Waals surface area contributed by atoms with Crippen molar-refractivity contribution in [3.8, 4) is 0 Å². The van der Waals surface area contributed by atoms with E-state index in [1.54, 1.807) is 11.8 Å². The molecule has 0 aromatic carbocycles. The van der Waals surface area contributed by atoms with Gasteiger partial charge in [0.2, 0.25) is 5.91 Å². The SMILES string of the molecule is O=[C]N[C@H]1CSCCNC1=O. The fourth-order valence-electron chi connectivity index (χ4n) is 0.825. The van der Waals surface area contributed by atoms with Crippen LogP contribution in [0.2, 0.25) is 0 Å². The van der Waals surface area contributed by atoms with E-state index in [1.165, 1.54) is 6.41 Å². The van der Waals surface area contributed by atoms with Gasteiger partial charge in [0.05, 0.1) is 0 Å². The van der Waals surface area contributed by atoms with Gasteiger partial charge in [-0.25, -0.2) is 0 Å². The molecule has 1 heterocycles. The lowest BCUT2D eigenvalue weighted by Crippen LogP contribution is -2.43. The van der Waals surface area contributed by atoms with Crippen LogP contribution in [-0.2, 0) is 9.59 Å². The van der Waals surface area contributed by atoms with E-state index in [0.29, 0.717) is 12.3 Å². The predicted octanol–water partition coefficient (Wildman–Crippen LogP) is -1.13. The summed E-state index contributed by atoms with van der Waals surface area (Å²) in [7, 11) is 0. The molecule has 0 aliphatic carbocycles. The van der Waals surface area contributed by atoms with Crippen molar-refractivity contribution in [2.24, 2.45) is 0 Å². The molecule has 0 aromatic rings. The van der Waals surface area contributed by atoms with E-state index in [0.717, 1.165) is 5.75 Å². The van der Waals surface area contributed by atoms with Crippen molar-refractivity contribution < 1.29 is 9.59 Å². The normalized spacial score (nSPS) is 25.1. The number of carbonyl (C=O) groups is 1. The summed E-state index contributed by atoms with van der Waals surface area (Å²) >= 11 is 1.64. The Hall–Kier alpha value is -0.710. The van der Waals surface area contributed by atoms with Gasteiger partial charge in [-0.2, -0.15) is 11.8 Å². The maximum absolute atomic E-state index is 11.0. The van der Waals surface area contributed by atoms with Crippen molar-refractivity contribution in [2.45, 2.75) is 6.04 Å². The van der Waals surface area contributed by atoms with Crippen LogP contribution in [0.3, 0.4) is 0 Å². The Morgan fingerprint density at radius 2 is 2.55 bits per heavy atom. The lowest BCUT2D eigenvalue weighted by molar-refractivity contribution is -0.122. The van der Waals surface area contributed by atoms with E-state index in [2.05, 4.69) is 10.6 Å². The van der Waals surface area contributed by atoms with E-state index >= 15 is 0 Å². The molecule has 11 heavy (non-hydrogen) atoms. The highest BCUT2D eigenvalue weighted by molar-refractivity contribution is 7.99. The van der Waals surface area contributed by atoms with E-state index in [-0.39, 0.29) is 5.91 Å². The summed E-state index contributed by atoms with van der Waals surface area (Å²) in [6, 6.07) is -0.403. The topological polar surface area (TPSA) is 58.2 Å². The highest BCUT2D eigenvalue weighted by Gasteiger charge is 2.19. The Morgan fingerprint density at radius 3 is 3.27 bits per heavy atom. The molecule has 1 fully saturated rings. The van der Waals surface area contributed by atoms with Gasteiger partial charge in [-0.05, 0) is 0 Å². The summed E-state index contributed by atoms with van der Waals surface area (Å²) in [5.41, 5.74) is 0. The van der Waals surface area contributed by atoms with E-state index in [9.17, 15) is 9.59 Å². The molecule has 0 spiro atoms. The lowest BCUT2D eigenvalue weighted by Gasteiger charge is -2.09. The van der Waals surface area contributed by atoms with Crippen molar-refractivity contribution in [3.63, 3.8) is 0 Å². The minimum atomic E-state index is -0.403. The number of hydrogen-bond acceptors (Lipinski definition) is 3. The second-order valence-electron chi connectivity index (χ2n) is 2.16. The van der Waals surface area contributed by atoms with Crippen LogP contribution >= 0.6 is 11.8 Å². The molecule has 0 unspecified atom stereocenters. The zero-order valence-electron chi connectivity index (χ0n) is 5.92. The largest absolute Gasteiger partial charge is 0.353 e. The van der Waals surface area contributed by atoms with Crippen LogP contribution in [0, 0.1) is 0 Å². The third-order valence-corrected chi connectivity index (χ3v) is 2.44. The molecule has 0 bridgehead atoms. The average Bonchev–Trinajstić information content (AvgIpc) is 2.18. The Morgan fingerprint density at radius 1 is 1.73 bits per heavy atom. The van der Waals surface area contributed by atoms with Crippen LogP contribution in [0.5, 0.6) is 0 Å². The minimum absolute atomic E-state index is 0.113. The average molecular weight is 173 g/mol. The van der Waals surface area contributed by atoms with Gasteiger partial charge in [0.1, 0.15) is 6.04 Å². The van der Waals surface area contributed by atoms with Gasteiger partial charge in [0.15, 0.2) is 0 Å². The molecular weight excluding hydrogens is 164 g/mol. The molecule has 4 nitrogen and oxygen atoms in total. The van der Waals surface area contributed by atoms with Gasteiger partial charge in [-0.1, -0.05) is 0 Å². The third kappa shape index (κ3) is 2.42. The molecule has 1 rings (SSSR count). The summed E-state index contributed by atoms with van der Waals surface area (Å²) in [4.78, 5) is 20.9. The zero-order valence-corrected chi connectivity index (χ0v) is 6.74. The first kappa shape index (κ1) is 8.39. The summed E-state index contributed by atoms with van der Waals surface area (Å²) in [5.74, 6) is 1.43. The van der Waals surface area contributed by atoms with Crippen molar-refractivity contribution in [3.05, 3.63) is 0 Å². The molecule has 0 aromatic heterocycles. The number of amides is 2. The molecule has 1 atom stereocenters. The monoisotopic (exact) mass is 173 g/mol. The van der Waals surface area contributed by atoms with E-state index in [1.807, 2.05) is 0 Å². The number of carbonyl (C=O) groups excluding carboxylic acids is 2. The van der Waals surface area contributed by atoms with Crippen LogP contribution < -0.4 is 10.6 Å². The highest BCUT2D eigenvalue weighted by atomic mass is 32.2. The summed E-state index contributed by atoms with van der Waals surface area (Å²) in [6.45, 7) is 0.681. The van der Waals surface area contributed by atoms with Crippen LogP contribution in [-0.4, -0.2) is 36.4 Å². The van der Waals surface area contributed by atoms with Gasteiger partial charge in [0.25, 0.3) is 0 Å². The number of hydrogen-bond donors (Lipinski definition) is 2. The van der Waals surface area contributed by atoms with Gasteiger partial charge >= 0.3 is 6.41 Å². The molecular formula is C6H9N2O2S. The second kappa shape index (κ2) is 4.23.